The summed E-state index contributed by atoms with van der Waals surface area (Å²) >= 11 is 11.7. The Bertz CT molecular complexity index is 756. The van der Waals surface area contributed by atoms with Gasteiger partial charge >= 0.3 is 0 Å². The van der Waals surface area contributed by atoms with Crippen molar-refractivity contribution < 1.29 is 4.39 Å². The van der Waals surface area contributed by atoms with Crippen molar-refractivity contribution in [1.29, 1.82) is 0 Å². The lowest BCUT2D eigenvalue weighted by Crippen LogP contribution is -2.04. The molecule has 2 aromatic heterocycles. The number of aromatic nitrogens is 3. The van der Waals surface area contributed by atoms with Gasteiger partial charge in [0, 0.05) is 18.5 Å². The number of hydrogen-bond donors (Lipinski definition) is 0. The number of alkyl halides is 1. The van der Waals surface area contributed by atoms with Crippen LogP contribution in [0.3, 0.4) is 0 Å². The summed E-state index contributed by atoms with van der Waals surface area (Å²) in [5, 5.41) is 0.0599. The Balaban J connectivity index is 2.15. The number of pyridine rings is 1. The standard InChI is InChI=1S/C14H10Cl2FN3/c15-6-14-19-12-4-10(16)11(17)5-13(12)20(14)8-9-2-1-3-18-7-9/h1-5,7H,6,8H2. The molecule has 3 aromatic rings. The number of halogens is 3. The second-order valence-corrected chi connectivity index (χ2v) is 5.04. The summed E-state index contributed by atoms with van der Waals surface area (Å²) in [6.45, 7) is 0.535. The smallest absolute Gasteiger partial charge is 0.144 e. The van der Waals surface area contributed by atoms with E-state index in [0.29, 0.717) is 23.4 Å². The highest BCUT2D eigenvalue weighted by atomic mass is 35.5. The van der Waals surface area contributed by atoms with Crippen molar-refractivity contribution in [2.24, 2.45) is 0 Å². The van der Waals surface area contributed by atoms with Crippen molar-refractivity contribution in [3.63, 3.8) is 0 Å². The molecule has 0 amide bonds. The summed E-state index contributed by atoms with van der Waals surface area (Å²) in [4.78, 5) is 8.46. The molecule has 0 aliphatic rings. The molecule has 0 bridgehead atoms. The minimum atomic E-state index is -0.465. The summed E-state index contributed by atoms with van der Waals surface area (Å²) in [6.07, 6.45) is 3.47. The van der Waals surface area contributed by atoms with Gasteiger partial charge < -0.3 is 4.57 Å². The van der Waals surface area contributed by atoms with Crippen LogP contribution in [0, 0.1) is 5.82 Å². The number of hydrogen-bond acceptors (Lipinski definition) is 2. The normalized spacial score (nSPS) is 11.2. The largest absolute Gasteiger partial charge is 0.322 e. The molecule has 0 atom stereocenters. The fourth-order valence-electron chi connectivity index (χ4n) is 2.12. The van der Waals surface area contributed by atoms with E-state index in [9.17, 15) is 4.39 Å². The summed E-state index contributed by atoms with van der Waals surface area (Å²) in [7, 11) is 0. The van der Waals surface area contributed by atoms with Gasteiger partial charge in [0.05, 0.1) is 28.5 Å². The molecule has 0 aliphatic heterocycles. The predicted octanol–water partition coefficient (Wildman–Crippen LogP) is 4.01. The number of rotatable bonds is 3. The fourth-order valence-corrected chi connectivity index (χ4v) is 2.48. The van der Waals surface area contributed by atoms with Gasteiger partial charge in [-0.05, 0) is 17.7 Å². The van der Waals surface area contributed by atoms with Gasteiger partial charge in [-0.3, -0.25) is 4.98 Å². The topological polar surface area (TPSA) is 30.7 Å². The monoisotopic (exact) mass is 309 g/mol. The van der Waals surface area contributed by atoms with Gasteiger partial charge in [-0.25, -0.2) is 9.37 Å². The van der Waals surface area contributed by atoms with Crippen molar-refractivity contribution in [3.05, 3.63) is 58.9 Å². The van der Waals surface area contributed by atoms with E-state index in [1.54, 1.807) is 12.4 Å². The molecule has 0 N–H and O–H groups in total. The molecule has 0 saturated carbocycles. The zero-order chi connectivity index (χ0) is 14.1. The lowest BCUT2D eigenvalue weighted by molar-refractivity contribution is 0.628. The molecular weight excluding hydrogens is 300 g/mol. The second-order valence-electron chi connectivity index (χ2n) is 4.36. The van der Waals surface area contributed by atoms with Crippen LogP contribution in [0.2, 0.25) is 5.02 Å². The lowest BCUT2D eigenvalue weighted by atomic mass is 10.2. The third kappa shape index (κ3) is 2.37. The van der Waals surface area contributed by atoms with Gasteiger partial charge in [0.15, 0.2) is 0 Å². The van der Waals surface area contributed by atoms with E-state index in [1.807, 2.05) is 16.7 Å². The number of nitrogens with zero attached hydrogens (tertiary/aromatic N) is 3. The van der Waals surface area contributed by atoms with Crippen LogP contribution < -0.4 is 0 Å². The first kappa shape index (κ1) is 13.3. The van der Waals surface area contributed by atoms with Crippen LogP contribution >= 0.6 is 23.2 Å². The van der Waals surface area contributed by atoms with E-state index < -0.39 is 5.82 Å². The SMILES string of the molecule is Fc1cc2c(cc1Cl)nc(CCl)n2Cc1cccnc1. The fraction of sp³-hybridized carbons (Fsp3) is 0.143. The van der Waals surface area contributed by atoms with Crippen molar-refractivity contribution in [1.82, 2.24) is 14.5 Å². The maximum atomic E-state index is 13.7. The first-order valence-electron chi connectivity index (χ1n) is 5.98. The van der Waals surface area contributed by atoms with Gasteiger partial charge in [0.1, 0.15) is 11.6 Å². The summed E-state index contributed by atoms with van der Waals surface area (Å²) in [6, 6.07) is 6.70. The first-order chi connectivity index (χ1) is 9.69. The molecular formula is C14H10Cl2FN3. The van der Waals surface area contributed by atoms with Crippen LogP contribution in [-0.4, -0.2) is 14.5 Å². The number of fused-ring (bicyclic) bond motifs is 1. The molecule has 0 spiro atoms. The molecule has 0 aliphatic carbocycles. The van der Waals surface area contributed by atoms with Crippen molar-refractivity contribution in [3.8, 4) is 0 Å². The van der Waals surface area contributed by atoms with E-state index in [-0.39, 0.29) is 10.9 Å². The summed E-state index contributed by atoms with van der Waals surface area (Å²) < 4.78 is 15.5. The van der Waals surface area contributed by atoms with Crippen LogP contribution in [0.5, 0.6) is 0 Å². The third-order valence-electron chi connectivity index (χ3n) is 3.05. The molecule has 0 unspecified atom stereocenters. The highest BCUT2D eigenvalue weighted by Crippen LogP contribution is 2.25. The van der Waals surface area contributed by atoms with Gasteiger partial charge in [-0.15, -0.1) is 11.6 Å². The molecule has 2 heterocycles. The van der Waals surface area contributed by atoms with E-state index in [0.717, 1.165) is 5.56 Å². The molecule has 20 heavy (non-hydrogen) atoms. The van der Waals surface area contributed by atoms with Gasteiger partial charge in [-0.1, -0.05) is 17.7 Å². The van der Waals surface area contributed by atoms with Crippen molar-refractivity contribution in [2.75, 3.05) is 0 Å². The second kappa shape index (κ2) is 5.38. The van der Waals surface area contributed by atoms with E-state index in [1.165, 1.54) is 12.1 Å². The maximum Gasteiger partial charge on any atom is 0.144 e. The number of imidazole rings is 1. The minimum absolute atomic E-state index is 0.0599. The van der Waals surface area contributed by atoms with Gasteiger partial charge in [0.25, 0.3) is 0 Å². The summed E-state index contributed by atoms with van der Waals surface area (Å²) in [5.41, 5.74) is 2.30. The molecule has 1 aromatic carbocycles. The molecule has 0 radical (unpaired) electrons. The average Bonchev–Trinajstić information content (AvgIpc) is 2.78. The number of benzene rings is 1. The maximum absolute atomic E-state index is 13.7. The Morgan fingerprint density at radius 1 is 1.30 bits per heavy atom. The zero-order valence-corrected chi connectivity index (χ0v) is 11.9. The Labute approximate surface area is 125 Å². The zero-order valence-electron chi connectivity index (χ0n) is 10.4. The molecule has 0 fully saturated rings. The Morgan fingerprint density at radius 3 is 2.85 bits per heavy atom. The van der Waals surface area contributed by atoms with Crippen LogP contribution in [0.4, 0.5) is 4.39 Å². The molecule has 0 saturated heterocycles. The van der Waals surface area contributed by atoms with E-state index in [4.69, 9.17) is 23.2 Å². The molecule has 3 rings (SSSR count). The Kier molecular flexibility index (Phi) is 3.59. The third-order valence-corrected chi connectivity index (χ3v) is 3.58. The predicted molar refractivity (Wildman–Crippen MR) is 77.6 cm³/mol. The van der Waals surface area contributed by atoms with E-state index in [2.05, 4.69) is 9.97 Å². The van der Waals surface area contributed by atoms with Gasteiger partial charge in [0.2, 0.25) is 0 Å². The highest BCUT2D eigenvalue weighted by molar-refractivity contribution is 6.31. The molecule has 6 heteroatoms. The molecule has 102 valence electrons. The van der Waals surface area contributed by atoms with Crippen LogP contribution in [0.1, 0.15) is 11.4 Å². The summed E-state index contributed by atoms with van der Waals surface area (Å²) in [5.74, 6) is 0.452. The molecule has 3 nitrogen and oxygen atoms in total. The first-order valence-corrected chi connectivity index (χ1v) is 6.89. The van der Waals surface area contributed by atoms with E-state index >= 15 is 0 Å². The van der Waals surface area contributed by atoms with Gasteiger partial charge in [-0.2, -0.15) is 0 Å². The van der Waals surface area contributed by atoms with Crippen molar-refractivity contribution in [2.45, 2.75) is 12.4 Å². The average molecular weight is 310 g/mol. The van der Waals surface area contributed by atoms with Crippen LogP contribution in [0.15, 0.2) is 36.7 Å². The van der Waals surface area contributed by atoms with Crippen molar-refractivity contribution >= 4 is 34.2 Å². The minimum Gasteiger partial charge on any atom is -0.322 e. The highest BCUT2D eigenvalue weighted by Gasteiger charge is 2.13. The van der Waals surface area contributed by atoms with Crippen LogP contribution in [0.25, 0.3) is 11.0 Å². The quantitative estimate of drug-likeness (QED) is 0.684. The van der Waals surface area contributed by atoms with Crippen LogP contribution in [-0.2, 0) is 12.4 Å². The Hall–Kier alpha value is -1.65. The lowest BCUT2D eigenvalue weighted by Gasteiger charge is -2.07. The Morgan fingerprint density at radius 2 is 2.15 bits per heavy atom.